The molecule has 1 aliphatic heterocycles. The van der Waals surface area contributed by atoms with Gasteiger partial charge < -0.3 is 20.6 Å². The number of sulfonamides is 1. The van der Waals surface area contributed by atoms with Crippen LogP contribution in [0.4, 0.5) is 0 Å². The van der Waals surface area contributed by atoms with Gasteiger partial charge in [0.05, 0.1) is 10.5 Å². The summed E-state index contributed by atoms with van der Waals surface area (Å²) in [6, 6.07) is 18.7. The molecule has 194 valence electrons. The van der Waals surface area contributed by atoms with Crippen molar-refractivity contribution in [1.29, 1.82) is 0 Å². The molecule has 1 amide bonds. The zero-order valence-electron chi connectivity index (χ0n) is 20.1. The molecule has 10 heteroatoms. The number of carboxylic acids is 1. The Bertz CT molecular complexity index is 1660. The Balaban J connectivity index is 1.32. The number of carbonyl (C=O) groups excluding carboxylic acids is 1. The summed E-state index contributed by atoms with van der Waals surface area (Å²) in [6.45, 7) is 1.24. The summed E-state index contributed by atoms with van der Waals surface area (Å²) >= 11 is 0. The maximum atomic E-state index is 12.8. The number of aromatic hydroxyl groups is 2. The third-order valence-corrected chi connectivity index (χ3v) is 8.37. The van der Waals surface area contributed by atoms with Gasteiger partial charge in [-0.2, -0.15) is 4.31 Å². The number of hydrogen-bond acceptors (Lipinski definition) is 6. The Morgan fingerprint density at radius 1 is 0.842 bits per heavy atom. The molecule has 0 radical (unpaired) electrons. The maximum absolute atomic E-state index is 12.8. The minimum atomic E-state index is -3.43. The quantitative estimate of drug-likeness (QED) is 0.254. The van der Waals surface area contributed by atoms with Crippen molar-refractivity contribution in [1.82, 2.24) is 9.62 Å². The van der Waals surface area contributed by atoms with Crippen LogP contribution >= 0.6 is 0 Å². The predicted molar refractivity (Wildman–Crippen MR) is 140 cm³/mol. The number of aromatic carboxylic acids is 1. The second-order valence-electron chi connectivity index (χ2n) is 9.07. The lowest BCUT2D eigenvalue weighted by Crippen LogP contribution is -2.22. The number of carboxylic acid groups (broad SMARTS) is 1. The summed E-state index contributed by atoms with van der Waals surface area (Å²) in [5.74, 6) is -1.71. The molecule has 0 bridgehead atoms. The zero-order chi connectivity index (χ0) is 27.0. The van der Waals surface area contributed by atoms with Gasteiger partial charge in [0.25, 0.3) is 5.91 Å². The van der Waals surface area contributed by atoms with Crippen molar-refractivity contribution < 1.29 is 33.3 Å². The third-order valence-electron chi connectivity index (χ3n) is 6.46. The molecule has 1 heterocycles. The fourth-order valence-corrected chi connectivity index (χ4v) is 5.52. The smallest absolute Gasteiger partial charge is 0.335 e. The van der Waals surface area contributed by atoms with Gasteiger partial charge in [0.15, 0.2) is 0 Å². The SMILES string of the molecule is O=C(O)c1ccc(Cc2c(O)cc3ccc(C(=O)NCc4ccc(S(=O)(=O)N5CC5)cc4)cc3c2O)cc1. The fraction of sp³-hybridized carbons (Fsp3) is 0.143. The molecule has 4 aromatic rings. The van der Waals surface area contributed by atoms with Crippen molar-refractivity contribution >= 4 is 32.7 Å². The number of hydrogen-bond donors (Lipinski definition) is 4. The molecule has 38 heavy (non-hydrogen) atoms. The first kappa shape index (κ1) is 25.2. The molecule has 0 aliphatic carbocycles. The van der Waals surface area contributed by atoms with Gasteiger partial charge in [0.2, 0.25) is 10.0 Å². The van der Waals surface area contributed by atoms with E-state index in [1.807, 2.05) is 0 Å². The van der Waals surface area contributed by atoms with E-state index in [1.54, 1.807) is 36.4 Å². The largest absolute Gasteiger partial charge is 0.507 e. The second kappa shape index (κ2) is 9.81. The van der Waals surface area contributed by atoms with Gasteiger partial charge in [-0.1, -0.05) is 30.3 Å². The lowest BCUT2D eigenvalue weighted by molar-refractivity contribution is 0.0696. The van der Waals surface area contributed by atoms with E-state index in [-0.39, 0.29) is 46.4 Å². The van der Waals surface area contributed by atoms with Crippen LogP contribution in [0, 0.1) is 0 Å². The molecule has 1 fully saturated rings. The Labute approximate surface area is 218 Å². The first-order valence-corrected chi connectivity index (χ1v) is 13.2. The van der Waals surface area contributed by atoms with Crippen molar-refractivity contribution in [3.63, 3.8) is 0 Å². The molecule has 0 unspecified atom stereocenters. The van der Waals surface area contributed by atoms with Crippen LogP contribution in [0.3, 0.4) is 0 Å². The summed E-state index contributed by atoms with van der Waals surface area (Å²) in [5.41, 5.74) is 2.12. The number of carbonyl (C=O) groups is 2. The van der Waals surface area contributed by atoms with E-state index in [0.717, 1.165) is 5.56 Å². The summed E-state index contributed by atoms with van der Waals surface area (Å²) in [6.07, 6.45) is 0.160. The highest BCUT2D eigenvalue weighted by molar-refractivity contribution is 7.89. The average molecular weight is 533 g/mol. The van der Waals surface area contributed by atoms with E-state index in [1.165, 1.54) is 40.7 Å². The first-order valence-electron chi connectivity index (χ1n) is 11.8. The Kier molecular flexibility index (Phi) is 6.52. The number of fused-ring (bicyclic) bond motifs is 1. The first-order chi connectivity index (χ1) is 18.1. The van der Waals surface area contributed by atoms with E-state index in [9.17, 15) is 28.2 Å². The number of nitrogens with zero attached hydrogens (tertiary/aromatic N) is 1. The third kappa shape index (κ3) is 5.04. The Morgan fingerprint density at radius 3 is 2.11 bits per heavy atom. The van der Waals surface area contributed by atoms with E-state index in [4.69, 9.17) is 5.11 Å². The molecule has 0 saturated carbocycles. The van der Waals surface area contributed by atoms with Crippen molar-refractivity contribution in [2.75, 3.05) is 13.1 Å². The maximum Gasteiger partial charge on any atom is 0.335 e. The molecule has 4 aromatic carbocycles. The van der Waals surface area contributed by atoms with Crippen LogP contribution in [0.25, 0.3) is 10.8 Å². The van der Waals surface area contributed by atoms with Crippen molar-refractivity contribution in [2.24, 2.45) is 0 Å². The van der Waals surface area contributed by atoms with Crippen LogP contribution in [0.1, 0.15) is 37.4 Å². The van der Waals surface area contributed by atoms with Crippen LogP contribution in [0.5, 0.6) is 11.5 Å². The fourth-order valence-electron chi connectivity index (χ4n) is 4.18. The normalized spacial score (nSPS) is 13.4. The molecular formula is C28H24N2O7S. The van der Waals surface area contributed by atoms with Crippen LogP contribution in [0.15, 0.2) is 77.7 Å². The van der Waals surface area contributed by atoms with Gasteiger partial charge in [-0.05, 0) is 59.0 Å². The predicted octanol–water partition coefficient (Wildman–Crippen LogP) is 3.47. The van der Waals surface area contributed by atoms with E-state index in [0.29, 0.717) is 35.0 Å². The summed E-state index contributed by atoms with van der Waals surface area (Å²) in [4.78, 5) is 24.1. The number of phenolic OH excluding ortho intramolecular Hbond substituents is 2. The molecule has 0 spiro atoms. The monoisotopic (exact) mass is 532 g/mol. The summed E-state index contributed by atoms with van der Waals surface area (Å²) in [5, 5.41) is 34.3. The lowest BCUT2D eigenvalue weighted by atomic mass is 9.96. The van der Waals surface area contributed by atoms with Crippen LogP contribution in [-0.4, -0.2) is 53.0 Å². The van der Waals surface area contributed by atoms with Crippen molar-refractivity contribution in [3.8, 4) is 11.5 Å². The highest BCUT2D eigenvalue weighted by atomic mass is 32.2. The number of amides is 1. The number of rotatable bonds is 8. The molecule has 0 aromatic heterocycles. The van der Waals surface area contributed by atoms with Gasteiger partial charge >= 0.3 is 5.97 Å². The van der Waals surface area contributed by atoms with Gasteiger partial charge in [0, 0.05) is 42.6 Å². The molecule has 1 aliphatic rings. The minimum Gasteiger partial charge on any atom is -0.507 e. The summed E-state index contributed by atoms with van der Waals surface area (Å²) in [7, 11) is -3.43. The van der Waals surface area contributed by atoms with Gasteiger partial charge in [-0.3, -0.25) is 4.79 Å². The highest BCUT2D eigenvalue weighted by Crippen LogP contribution is 2.37. The Hall–Kier alpha value is -4.41. The second-order valence-corrected chi connectivity index (χ2v) is 11.0. The average Bonchev–Trinajstić information content (AvgIpc) is 3.76. The topological polar surface area (TPSA) is 144 Å². The molecule has 0 atom stereocenters. The van der Waals surface area contributed by atoms with Crippen LogP contribution in [0.2, 0.25) is 0 Å². The van der Waals surface area contributed by atoms with E-state index < -0.39 is 16.0 Å². The minimum absolute atomic E-state index is 0.113. The van der Waals surface area contributed by atoms with Crippen molar-refractivity contribution in [3.05, 3.63) is 101 Å². The van der Waals surface area contributed by atoms with Crippen LogP contribution in [-0.2, 0) is 23.0 Å². The van der Waals surface area contributed by atoms with Gasteiger partial charge in [-0.15, -0.1) is 0 Å². The Morgan fingerprint density at radius 2 is 1.47 bits per heavy atom. The lowest BCUT2D eigenvalue weighted by Gasteiger charge is -2.13. The standard InChI is InChI=1S/C28H24N2O7S/c31-25-15-20-7-8-21(14-23(20)26(32)24(25)13-17-1-5-19(6-2-17)28(34)35)27(33)29-16-18-3-9-22(10-4-18)38(36,37)30-11-12-30/h1-10,14-15,31-32H,11-13,16H2,(H,29,33)(H,34,35). The highest BCUT2D eigenvalue weighted by Gasteiger charge is 2.33. The molecule has 9 nitrogen and oxygen atoms in total. The molecule has 5 rings (SSSR count). The molecular weight excluding hydrogens is 508 g/mol. The summed E-state index contributed by atoms with van der Waals surface area (Å²) < 4.78 is 25.9. The van der Waals surface area contributed by atoms with Crippen molar-refractivity contribution in [2.45, 2.75) is 17.9 Å². The van der Waals surface area contributed by atoms with Gasteiger partial charge in [-0.25, -0.2) is 13.2 Å². The number of benzene rings is 4. The zero-order valence-corrected chi connectivity index (χ0v) is 20.9. The molecule has 4 N–H and O–H groups in total. The van der Waals surface area contributed by atoms with E-state index >= 15 is 0 Å². The number of phenols is 2. The van der Waals surface area contributed by atoms with Gasteiger partial charge in [0.1, 0.15) is 11.5 Å². The molecule has 1 saturated heterocycles. The number of nitrogens with one attached hydrogen (secondary N) is 1. The van der Waals surface area contributed by atoms with E-state index in [2.05, 4.69) is 5.32 Å². The van der Waals surface area contributed by atoms with Crippen LogP contribution < -0.4 is 5.32 Å².